The van der Waals surface area contributed by atoms with Crippen molar-refractivity contribution in [1.82, 2.24) is 0 Å². The Morgan fingerprint density at radius 2 is 2.03 bits per heavy atom. The van der Waals surface area contributed by atoms with Crippen LogP contribution in [0.25, 0.3) is 0 Å². The summed E-state index contributed by atoms with van der Waals surface area (Å²) in [6, 6.07) is 8.70. The van der Waals surface area contributed by atoms with Crippen LogP contribution >= 0.6 is 0 Å². The molecule has 0 spiro atoms. The highest BCUT2D eigenvalue weighted by Gasteiger charge is 2.15. The van der Waals surface area contributed by atoms with Crippen molar-refractivity contribution in [2.75, 3.05) is 20.8 Å². The van der Waals surface area contributed by atoms with Gasteiger partial charge in [-0.3, -0.25) is 4.79 Å². The number of carbonyl (C=O) groups is 1. The van der Waals surface area contributed by atoms with Crippen LogP contribution in [0.5, 0.6) is 0 Å². The lowest BCUT2D eigenvalue weighted by molar-refractivity contribution is -0.106. The van der Waals surface area contributed by atoms with E-state index in [1.807, 2.05) is 6.08 Å². The molecule has 1 aromatic carbocycles. The van der Waals surface area contributed by atoms with E-state index in [1.165, 1.54) is 16.7 Å². The zero-order chi connectivity index (χ0) is 21.8. The topological polar surface area (TPSA) is 70.8 Å². The summed E-state index contributed by atoms with van der Waals surface area (Å²) < 4.78 is 16.9. The SMILES string of the molecule is COC1=C(OC)CC=CC(CCOC2=CC=C[C@H](c3cccc(C)c3)C2)=C1.NC=O. The van der Waals surface area contributed by atoms with Crippen molar-refractivity contribution >= 4 is 6.41 Å². The molecule has 5 heteroatoms. The number of amides is 1. The first-order chi connectivity index (χ1) is 14.6. The summed E-state index contributed by atoms with van der Waals surface area (Å²) in [7, 11) is 3.35. The summed E-state index contributed by atoms with van der Waals surface area (Å²) in [4.78, 5) is 8.58. The number of carbonyl (C=O) groups excluding carboxylic acids is 1. The molecule has 2 aliphatic rings. The highest BCUT2D eigenvalue weighted by Crippen LogP contribution is 2.30. The van der Waals surface area contributed by atoms with Gasteiger partial charge in [-0.1, -0.05) is 54.1 Å². The van der Waals surface area contributed by atoms with Crippen LogP contribution in [-0.4, -0.2) is 27.2 Å². The Bertz CT molecular complexity index is 862. The Morgan fingerprint density at radius 1 is 1.23 bits per heavy atom. The number of hydrogen-bond donors (Lipinski definition) is 1. The number of allylic oxidation sites excluding steroid dienone is 7. The van der Waals surface area contributed by atoms with Gasteiger partial charge in [0, 0.05) is 25.2 Å². The first-order valence-corrected chi connectivity index (χ1v) is 10.0. The van der Waals surface area contributed by atoms with Crippen LogP contribution in [-0.2, 0) is 19.0 Å². The zero-order valence-electron chi connectivity index (χ0n) is 18.0. The quantitative estimate of drug-likeness (QED) is 0.656. The fourth-order valence-electron chi connectivity index (χ4n) is 3.41. The number of primary amides is 1. The molecule has 0 fully saturated rings. The Kier molecular flexibility index (Phi) is 9.52. The molecule has 0 saturated carbocycles. The molecule has 0 saturated heterocycles. The van der Waals surface area contributed by atoms with Crippen LogP contribution in [0.1, 0.15) is 36.3 Å². The Labute approximate surface area is 179 Å². The zero-order valence-corrected chi connectivity index (χ0v) is 18.0. The van der Waals surface area contributed by atoms with Gasteiger partial charge in [0.2, 0.25) is 6.41 Å². The van der Waals surface area contributed by atoms with E-state index >= 15 is 0 Å². The molecule has 160 valence electrons. The summed E-state index contributed by atoms with van der Waals surface area (Å²) in [5.74, 6) is 3.07. The molecule has 0 radical (unpaired) electrons. The number of rotatable bonds is 7. The van der Waals surface area contributed by atoms with Crippen LogP contribution in [0.2, 0.25) is 0 Å². The molecule has 0 bridgehead atoms. The molecule has 1 atom stereocenters. The van der Waals surface area contributed by atoms with E-state index in [-0.39, 0.29) is 6.41 Å². The predicted molar refractivity (Wildman–Crippen MR) is 119 cm³/mol. The van der Waals surface area contributed by atoms with E-state index in [9.17, 15) is 0 Å². The number of benzene rings is 1. The molecular weight excluding hydrogens is 378 g/mol. The largest absolute Gasteiger partial charge is 0.498 e. The molecule has 1 amide bonds. The van der Waals surface area contributed by atoms with E-state index in [0.717, 1.165) is 36.5 Å². The molecule has 30 heavy (non-hydrogen) atoms. The lowest BCUT2D eigenvalue weighted by Crippen LogP contribution is -2.05. The second-order valence-corrected chi connectivity index (χ2v) is 7.00. The second-order valence-electron chi connectivity index (χ2n) is 7.00. The van der Waals surface area contributed by atoms with E-state index in [0.29, 0.717) is 12.5 Å². The molecule has 0 heterocycles. The van der Waals surface area contributed by atoms with Gasteiger partial charge in [-0.05, 0) is 30.2 Å². The number of methoxy groups -OCH3 is 2. The van der Waals surface area contributed by atoms with Gasteiger partial charge in [0.25, 0.3) is 0 Å². The first-order valence-electron chi connectivity index (χ1n) is 10.0. The standard InChI is InChI=1S/C24H28O3.CH3NO/c1-18-7-4-9-20(15-18)21-10-6-11-22(17-21)27-14-13-19-8-5-12-23(25-2)24(16-19)26-3;2-1-3/h4-11,15-16,21H,12-14,17H2,1-3H3;1H,(H2,2,3)/t21-;/m0./s1. The maximum atomic E-state index is 8.58. The molecule has 5 nitrogen and oxygen atoms in total. The van der Waals surface area contributed by atoms with Crippen LogP contribution in [0, 0.1) is 6.92 Å². The van der Waals surface area contributed by atoms with Crippen molar-refractivity contribution in [3.8, 4) is 0 Å². The van der Waals surface area contributed by atoms with Crippen molar-refractivity contribution in [3.05, 3.63) is 94.7 Å². The molecule has 2 aliphatic carbocycles. The molecular formula is C25H31NO4. The monoisotopic (exact) mass is 409 g/mol. The second kappa shape index (κ2) is 12.4. The summed E-state index contributed by atoms with van der Waals surface area (Å²) in [5.41, 5.74) is 7.99. The average Bonchev–Trinajstić information content (AvgIpc) is 2.96. The van der Waals surface area contributed by atoms with Gasteiger partial charge >= 0.3 is 0 Å². The molecule has 0 aromatic heterocycles. The van der Waals surface area contributed by atoms with Gasteiger partial charge < -0.3 is 19.9 Å². The van der Waals surface area contributed by atoms with Gasteiger partial charge in [-0.25, -0.2) is 0 Å². The van der Waals surface area contributed by atoms with Gasteiger partial charge in [0.05, 0.1) is 26.6 Å². The summed E-state index contributed by atoms with van der Waals surface area (Å²) in [6.45, 7) is 2.78. The lowest BCUT2D eigenvalue weighted by Gasteiger charge is -2.20. The maximum absolute atomic E-state index is 8.58. The van der Waals surface area contributed by atoms with E-state index in [2.05, 4.69) is 67.3 Å². The normalized spacial score (nSPS) is 17.8. The molecule has 0 unspecified atom stereocenters. The van der Waals surface area contributed by atoms with Gasteiger partial charge in [0.15, 0.2) is 5.76 Å². The van der Waals surface area contributed by atoms with Gasteiger partial charge in [-0.2, -0.15) is 0 Å². The third kappa shape index (κ3) is 6.99. The third-order valence-electron chi connectivity index (χ3n) is 4.89. The lowest BCUT2D eigenvalue weighted by atomic mass is 9.91. The number of aryl methyl sites for hydroxylation is 1. The molecule has 1 aromatic rings. The van der Waals surface area contributed by atoms with Crippen LogP contribution in [0.3, 0.4) is 0 Å². The fourth-order valence-corrected chi connectivity index (χ4v) is 3.41. The number of hydrogen-bond acceptors (Lipinski definition) is 4. The smallest absolute Gasteiger partial charge is 0.204 e. The summed E-state index contributed by atoms with van der Waals surface area (Å²) in [5, 5.41) is 0. The van der Waals surface area contributed by atoms with Gasteiger partial charge in [0.1, 0.15) is 5.76 Å². The van der Waals surface area contributed by atoms with Crippen molar-refractivity contribution in [2.45, 2.75) is 32.1 Å². The van der Waals surface area contributed by atoms with Crippen LogP contribution < -0.4 is 5.73 Å². The molecule has 3 rings (SSSR count). The minimum absolute atomic E-state index is 0.250. The van der Waals surface area contributed by atoms with Crippen molar-refractivity contribution < 1.29 is 19.0 Å². The van der Waals surface area contributed by atoms with Crippen molar-refractivity contribution in [2.24, 2.45) is 5.73 Å². The number of nitrogens with two attached hydrogens (primary N) is 1. The van der Waals surface area contributed by atoms with E-state index in [1.54, 1.807) is 14.2 Å². The predicted octanol–water partition coefficient (Wildman–Crippen LogP) is 4.82. The van der Waals surface area contributed by atoms with Crippen LogP contribution in [0.4, 0.5) is 0 Å². The highest BCUT2D eigenvalue weighted by molar-refractivity contribution is 5.42. The summed E-state index contributed by atoms with van der Waals surface area (Å²) >= 11 is 0. The first kappa shape index (κ1) is 23.1. The third-order valence-corrected chi connectivity index (χ3v) is 4.89. The Morgan fingerprint density at radius 3 is 2.73 bits per heavy atom. The maximum Gasteiger partial charge on any atom is 0.204 e. The molecule has 2 N–H and O–H groups in total. The van der Waals surface area contributed by atoms with Crippen molar-refractivity contribution in [1.29, 1.82) is 0 Å². The average molecular weight is 410 g/mol. The Balaban J connectivity index is 0.00000101. The Hall–Kier alpha value is -3.21. The van der Waals surface area contributed by atoms with Crippen molar-refractivity contribution in [3.63, 3.8) is 0 Å². The van der Waals surface area contributed by atoms with Gasteiger partial charge in [-0.15, -0.1) is 0 Å². The minimum Gasteiger partial charge on any atom is -0.498 e. The van der Waals surface area contributed by atoms with E-state index in [4.69, 9.17) is 19.0 Å². The van der Waals surface area contributed by atoms with E-state index < -0.39 is 0 Å². The van der Waals surface area contributed by atoms with Crippen LogP contribution in [0.15, 0.2) is 83.6 Å². The fraction of sp³-hybridized carbons (Fsp3) is 0.320. The highest BCUT2D eigenvalue weighted by atomic mass is 16.5. The summed E-state index contributed by atoms with van der Waals surface area (Å²) in [6.07, 6.45) is 15.4. The molecule has 0 aliphatic heterocycles. The minimum atomic E-state index is 0.250. The number of ether oxygens (including phenoxy) is 3.